The molecule has 49 heavy (non-hydrogen) atoms. The van der Waals surface area contributed by atoms with Crippen molar-refractivity contribution in [3.05, 3.63) is 35.9 Å². The maximum Gasteiger partial charge on any atom is 0.282 e. The number of rotatable bonds is 12. The fourth-order valence-corrected chi connectivity index (χ4v) is 8.79. The number of nitrogens with zero attached hydrogens (tertiary/aromatic N) is 6. The Bertz CT molecular complexity index is 1480. The third kappa shape index (κ3) is 7.25. The van der Waals surface area contributed by atoms with Crippen molar-refractivity contribution in [2.24, 2.45) is 16.7 Å². The van der Waals surface area contributed by atoms with Crippen LogP contribution in [0.1, 0.15) is 76.1 Å². The standard InChI is InChI=1S/C36H52FN7O5/c1-6-44(25(2)3)32(45)28-17-27(37)7-8-29(28)49-31-30(38-24-39-41-31)43-20-34(21-43)13-15-42(16-14-34)18-26-9-11-36(12-10-26)19-35(22-47-4,23-48-5)33(46)40-36/h7-8,17,24-26H,6,9-16,18-23H2,1-5H3,(H,40,46). The molecule has 13 heteroatoms. The van der Waals surface area contributed by atoms with Crippen LogP contribution in [0, 0.1) is 22.6 Å². The Morgan fingerprint density at radius 2 is 1.80 bits per heavy atom. The van der Waals surface area contributed by atoms with Crippen molar-refractivity contribution >= 4 is 17.6 Å². The van der Waals surface area contributed by atoms with Crippen molar-refractivity contribution in [1.29, 1.82) is 0 Å². The van der Waals surface area contributed by atoms with Crippen LogP contribution in [0.4, 0.5) is 10.2 Å². The van der Waals surface area contributed by atoms with Gasteiger partial charge >= 0.3 is 0 Å². The quantitative estimate of drug-likeness (QED) is 0.347. The van der Waals surface area contributed by atoms with E-state index in [0.717, 1.165) is 77.7 Å². The first-order valence-electron chi connectivity index (χ1n) is 17.8. The molecule has 268 valence electrons. The SMILES string of the molecule is CCN(C(=O)c1cc(F)ccc1Oc1nncnc1N1CC2(CCN(CC3CCC4(CC3)CC(COC)(COC)C(=O)N4)CC2)C1)C(C)C. The Morgan fingerprint density at radius 1 is 1.10 bits per heavy atom. The fraction of sp³-hybridized carbons (Fsp3) is 0.694. The van der Waals surface area contributed by atoms with E-state index in [0.29, 0.717) is 31.5 Å². The third-order valence-electron chi connectivity index (χ3n) is 11.4. The van der Waals surface area contributed by atoms with E-state index in [1.54, 1.807) is 19.1 Å². The van der Waals surface area contributed by atoms with Crippen LogP contribution in [0.2, 0.25) is 0 Å². The molecule has 2 amide bonds. The van der Waals surface area contributed by atoms with Gasteiger partial charge in [-0.2, -0.15) is 0 Å². The molecule has 3 aliphatic heterocycles. The molecule has 1 N–H and O–H groups in total. The van der Waals surface area contributed by atoms with Gasteiger partial charge in [0.15, 0.2) is 5.82 Å². The molecule has 0 atom stereocenters. The molecular weight excluding hydrogens is 629 g/mol. The average molecular weight is 682 g/mol. The van der Waals surface area contributed by atoms with Crippen molar-refractivity contribution in [1.82, 2.24) is 30.3 Å². The second-order valence-electron chi connectivity index (χ2n) is 15.2. The number of anilines is 1. The number of amides is 2. The summed E-state index contributed by atoms with van der Waals surface area (Å²) in [4.78, 5) is 37.3. The number of aromatic nitrogens is 3. The van der Waals surface area contributed by atoms with Crippen LogP contribution in [-0.4, -0.2) is 115 Å². The van der Waals surface area contributed by atoms with Gasteiger partial charge in [-0.05, 0) is 103 Å². The summed E-state index contributed by atoms with van der Waals surface area (Å²) >= 11 is 0. The first-order valence-corrected chi connectivity index (χ1v) is 17.8. The average Bonchev–Trinajstić information content (AvgIpc) is 3.32. The highest BCUT2D eigenvalue weighted by atomic mass is 19.1. The summed E-state index contributed by atoms with van der Waals surface area (Å²) < 4.78 is 31.3. The first kappa shape index (κ1) is 35.4. The Morgan fingerprint density at radius 3 is 2.43 bits per heavy atom. The monoisotopic (exact) mass is 681 g/mol. The van der Waals surface area contributed by atoms with Crippen molar-refractivity contribution < 1.29 is 28.2 Å². The van der Waals surface area contributed by atoms with E-state index in [1.807, 2.05) is 20.8 Å². The molecule has 1 saturated carbocycles. The van der Waals surface area contributed by atoms with Gasteiger partial charge < -0.3 is 34.2 Å². The topological polar surface area (TPSA) is 122 Å². The predicted octanol–water partition coefficient (Wildman–Crippen LogP) is 4.30. The molecule has 6 rings (SSSR count). The van der Waals surface area contributed by atoms with Gasteiger partial charge in [-0.15, -0.1) is 10.2 Å². The van der Waals surface area contributed by atoms with Crippen LogP contribution in [0.3, 0.4) is 0 Å². The smallest absolute Gasteiger partial charge is 0.282 e. The van der Waals surface area contributed by atoms with Crippen LogP contribution in [0.5, 0.6) is 11.6 Å². The number of likely N-dealkylation sites (tertiary alicyclic amines) is 1. The van der Waals surface area contributed by atoms with E-state index in [-0.39, 0.29) is 46.0 Å². The molecule has 12 nitrogen and oxygen atoms in total. The van der Waals surface area contributed by atoms with E-state index < -0.39 is 11.2 Å². The van der Waals surface area contributed by atoms with E-state index in [9.17, 15) is 14.0 Å². The number of methoxy groups -OCH3 is 2. The minimum Gasteiger partial charge on any atom is -0.434 e. The van der Waals surface area contributed by atoms with Crippen LogP contribution in [0.15, 0.2) is 24.5 Å². The molecule has 1 aliphatic carbocycles. The molecule has 2 aromatic rings. The zero-order valence-electron chi connectivity index (χ0n) is 29.7. The van der Waals surface area contributed by atoms with Crippen molar-refractivity contribution in [3.63, 3.8) is 0 Å². The molecule has 4 fully saturated rings. The second kappa shape index (κ2) is 14.4. The number of carbonyl (C=O) groups is 2. The summed E-state index contributed by atoms with van der Waals surface area (Å²) in [5.41, 5.74) is -0.366. The summed E-state index contributed by atoms with van der Waals surface area (Å²) in [6.45, 7) is 11.9. The summed E-state index contributed by atoms with van der Waals surface area (Å²) in [6.07, 6.45) is 8.65. The van der Waals surface area contributed by atoms with Gasteiger partial charge in [0, 0.05) is 57.4 Å². The second-order valence-corrected chi connectivity index (χ2v) is 15.2. The zero-order chi connectivity index (χ0) is 34.8. The summed E-state index contributed by atoms with van der Waals surface area (Å²) in [5.74, 6) is 0.910. The summed E-state index contributed by atoms with van der Waals surface area (Å²) in [7, 11) is 3.30. The molecule has 0 radical (unpaired) electrons. The minimum atomic E-state index is -0.587. The highest BCUT2D eigenvalue weighted by molar-refractivity contribution is 5.97. The molecule has 1 aromatic carbocycles. The summed E-state index contributed by atoms with van der Waals surface area (Å²) in [5, 5.41) is 11.5. The van der Waals surface area contributed by atoms with E-state index in [4.69, 9.17) is 14.2 Å². The molecule has 3 saturated heterocycles. The normalized spacial score (nSPS) is 24.7. The van der Waals surface area contributed by atoms with Crippen LogP contribution in [0.25, 0.3) is 0 Å². The third-order valence-corrected chi connectivity index (χ3v) is 11.4. The van der Waals surface area contributed by atoms with Crippen molar-refractivity contribution in [2.75, 3.05) is 71.6 Å². The van der Waals surface area contributed by atoms with E-state index in [2.05, 4.69) is 30.3 Å². The highest BCUT2D eigenvalue weighted by Crippen LogP contribution is 2.47. The van der Waals surface area contributed by atoms with Gasteiger partial charge in [0.05, 0.1) is 24.2 Å². The van der Waals surface area contributed by atoms with E-state index in [1.165, 1.54) is 24.5 Å². The van der Waals surface area contributed by atoms with Gasteiger partial charge in [0.1, 0.15) is 17.9 Å². The van der Waals surface area contributed by atoms with Gasteiger partial charge in [-0.1, -0.05) is 0 Å². The lowest BCUT2D eigenvalue weighted by Crippen LogP contribution is -2.61. The number of carbonyl (C=O) groups excluding carboxylic acids is 2. The number of piperidine rings is 1. The van der Waals surface area contributed by atoms with E-state index >= 15 is 0 Å². The van der Waals surface area contributed by atoms with Crippen LogP contribution in [-0.2, 0) is 14.3 Å². The number of hydrogen-bond donors (Lipinski definition) is 1. The molecular formula is C36H52FN7O5. The zero-order valence-corrected chi connectivity index (χ0v) is 29.7. The molecule has 4 heterocycles. The lowest BCUT2D eigenvalue weighted by Gasteiger charge is -2.54. The Labute approximate surface area is 289 Å². The molecule has 1 aromatic heterocycles. The number of hydrogen-bond acceptors (Lipinski definition) is 10. The minimum absolute atomic E-state index is 0.0504. The van der Waals surface area contributed by atoms with Gasteiger partial charge in [0.25, 0.3) is 11.8 Å². The molecule has 0 unspecified atom stereocenters. The van der Waals surface area contributed by atoms with Gasteiger partial charge in [-0.25, -0.2) is 9.37 Å². The maximum atomic E-state index is 14.3. The summed E-state index contributed by atoms with van der Waals surface area (Å²) in [6, 6.07) is 3.91. The molecule has 0 bridgehead atoms. The van der Waals surface area contributed by atoms with Crippen molar-refractivity contribution in [2.45, 2.75) is 77.3 Å². The maximum absolute atomic E-state index is 14.3. The Kier molecular flexibility index (Phi) is 10.4. The number of ether oxygens (including phenoxy) is 3. The largest absolute Gasteiger partial charge is 0.434 e. The fourth-order valence-electron chi connectivity index (χ4n) is 8.79. The molecule has 2 spiro atoms. The van der Waals surface area contributed by atoms with Crippen molar-refractivity contribution in [3.8, 4) is 11.6 Å². The predicted molar refractivity (Wildman–Crippen MR) is 182 cm³/mol. The Balaban J connectivity index is 1.02. The van der Waals surface area contributed by atoms with Crippen LogP contribution >= 0.6 is 0 Å². The first-order chi connectivity index (χ1) is 23.5. The van der Waals surface area contributed by atoms with Gasteiger partial charge in [0.2, 0.25) is 5.91 Å². The number of halogens is 1. The number of nitrogens with one attached hydrogen (secondary N) is 1. The lowest BCUT2D eigenvalue weighted by atomic mass is 9.70. The highest BCUT2D eigenvalue weighted by Gasteiger charge is 2.55. The molecule has 4 aliphatic rings. The number of benzene rings is 1. The van der Waals surface area contributed by atoms with Crippen LogP contribution < -0.4 is 15.0 Å². The lowest BCUT2D eigenvalue weighted by molar-refractivity contribution is -0.133. The van der Waals surface area contributed by atoms with Gasteiger partial charge in [-0.3, -0.25) is 9.59 Å². The Hall–Kier alpha value is -3.42.